The largest absolute Gasteiger partial charge is 0.447 e. The molecule has 2 unspecified atom stereocenters. The van der Waals surface area contributed by atoms with Gasteiger partial charge in [-0.25, -0.2) is 14.2 Å². The maximum atomic E-state index is 13.5. The molecule has 9 nitrogen and oxygen atoms in total. The molecule has 1 saturated heterocycles. The lowest BCUT2D eigenvalue weighted by molar-refractivity contribution is -0.0501. The SMILES string of the molecule is Cn1cnc(C2CC3CC(O)(C#CC4(O)CC5(COC(=O)N5)C4)CC3C2)c1C(=O)Nc1ccc(F)c(Cl)c1. The first kappa shape index (κ1) is 25.2. The highest BCUT2D eigenvalue weighted by Gasteiger charge is 2.58. The molecule has 6 rings (SSSR count). The first-order valence-electron chi connectivity index (χ1n) is 12.7. The third-order valence-corrected chi connectivity index (χ3v) is 8.71. The Morgan fingerprint density at radius 2 is 1.92 bits per heavy atom. The summed E-state index contributed by atoms with van der Waals surface area (Å²) in [6, 6.07) is 4.02. The van der Waals surface area contributed by atoms with Crippen LogP contribution in [-0.4, -0.2) is 55.1 Å². The van der Waals surface area contributed by atoms with Crippen LogP contribution in [0.3, 0.4) is 0 Å². The molecule has 2 heterocycles. The summed E-state index contributed by atoms with van der Waals surface area (Å²) >= 11 is 5.85. The zero-order valence-electron chi connectivity index (χ0n) is 20.8. The van der Waals surface area contributed by atoms with Gasteiger partial charge in [-0.1, -0.05) is 23.4 Å². The smallest absolute Gasteiger partial charge is 0.407 e. The lowest BCUT2D eigenvalue weighted by Gasteiger charge is -2.46. The topological polar surface area (TPSA) is 126 Å². The molecule has 3 aliphatic carbocycles. The van der Waals surface area contributed by atoms with Gasteiger partial charge in [0, 0.05) is 31.5 Å². The van der Waals surface area contributed by atoms with E-state index in [2.05, 4.69) is 27.5 Å². The van der Waals surface area contributed by atoms with E-state index in [9.17, 15) is 24.2 Å². The van der Waals surface area contributed by atoms with Gasteiger partial charge in [0.1, 0.15) is 29.3 Å². The number of carbonyl (C=O) groups is 2. The van der Waals surface area contributed by atoms with Crippen molar-refractivity contribution in [1.29, 1.82) is 0 Å². The molecule has 11 heteroatoms. The van der Waals surface area contributed by atoms with Gasteiger partial charge < -0.3 is 30.2 Å². The Bertz CT molecular complexity index is 1380. The number of cyclic esters (lactones) is 1. The number of aryl methyl sites for hydroxylation is 1. The molecule has 4 N–H and O–H groups in total. The van der Waals surface area contributed by atoms with Crippen LogP contribution in [0.1, 0.15) is 60.6 Å². The summed E-state index contributed by atoms with van der Waals surface area (Å²) < 4.78 is 20.1. The number of imidazole rings is 1. The van der Waals surface area contributed by atoms with E-state index in [1.807, 2.05) is 0 Å². The normalized spacial score (nSPS) is 35.2. The van der Waals surface area contributed by atoms with Crippen molar-refractivity contribution >= 4 is 29.3 Å². The molecule has 2 aromatic rings. The minimum atomic E-state index is -1.25. The molecular weight excluding hydrogens is 515 g/mol. The Morgan fingerprint density at radius 1 is 1.24 bits per heavy atom. The van der Waals surface area contributed by atoms with Gasteiger partial charge in [-0.2, -0.15) is 0 Å². The highest BCUT2D eigenvalue weighted by Crippen LogP contribution is 2.54. The van der Waals surface area contributed by atoms with Gasteiger partial charge in [-0.3, -0.25) is 4.79 Å². The Balaban J connectivity index is 1.11. The number of hydrogen-bond donors (Lipinski definition) is 4. The fraction of sp³-hybridized carbons (Fsp3) is 0.519. The summed E-state index contributed by atoms with van der Waals surface area (Å²) in [7, 11) is 1.76. The molecule has 200 valence electrons. The van der Waals surface area contributed by atoms with Gasteiger partial charge in [-0.15, -0.1) is 0 Å². The van der Waals surface area contributed by atoms with Crippen LogP contribution in [0.2, 0.25) is 5.02 Å². The van der Waals surface area contributed by atoms with Crippen LogP contribution in [0.4, 0.5) is 14.9 Å². The van der Waals surface area contributed by atoms with Gasteiger partial charge >= 0.3 is 6.09 Å². The van der Waals surface area contributed by atoms with Gasteiger partial charge in [0.15, 0.2) is 0 Å². The first-order valence-corrected chi connectivity index (χ1v) is 13.0. The molecule has 0 radical (unpaired) electrons. The molecule has 0 bridgehead atoms. The summed E-state index contributed by atoms with van der Waals surface area (Å²) in [6.45, 7) is 0.219. The molecule has 4 fully saturated rings. The Labute approximate surface area is 223 Å². The van der Waals surface area contributed by atoms with Crippen molar-refractivity contribution in [2.24, 2.45) is 18.9 Å². The van der Waals surface area contributed by atoms with Crippen molar-refractivity contribution in [3.63, 3.8) is 0 Å². The first-order chi connectivity index (χ1) is 18.0. The standard InChI is InChI=1S/C27H28ClFN4O5/c1-33-14-30-21(22(33)23(34)31-18-2-3-20(29)19(28)8-18)15-6-16-9-26(36,10-17(16)7-15)4-5-27(37)11-25(12-27)13-38-24(35)32-25/h2-3,8,14-17,36-37H,6-7,9-13H2,1H3,(H,31,34)(H,32,35). The minimum Gasteiger partial charge on any atom is -0.447 e. The van der Waals surface area contributed by atoms with Crippen molar-refractivity contribution < 1.29 is 28.9 Å². The lowest BCUT2D eigenvalue weighted by atomic mass is 9.65. The molecule has 3 saturated carbocycles. The number of alkyl carbamates (subject to hydrolysis) is 1. The second-order valence-corrected chi connectivity index (χ2v) is 11.8. The number of ether oxygens (including phenoxy) is 1. The van der Waals surface area contributed by atoms with Crippen molar-refractivity contribution in [2.45, 2.75) is 61.2 Å². The van der Waals surface area contributed by atoms with Crippen LogP contribution >= 0.6 is 11.6 Å². The third kappa shape index (κ3) is 4.42. The number of anilines is 1. The minimum absolute atomic E-state index is 0.0583. The summed E-state index contributed by atoms with van der Waals surface area (Å²) in [5, 5.41) is 27.4. The number of halogens is 2. The van der Waals surface area contributed by atoms with E-state index < -0.39 is 28.7 Å². The zero-order chi connectivity index (χ0) is 26.9. The number of aliphatic hydroxyl groups is 2. The number of fused-ring (bicyclic) bond motifs is 1. The van der Waals surface area contributed by atoms with Crippen LogP contribution in [0.25, 0.3) is 0 Å². The van der Waals surface area contributed by atoms with E-state index in [-0.39, 0.29) is 48.1 Å². The molecule has 1 aromatic carbocycles. The molecule has 1 aliphatic heterocycles. The number of amides is 2. The van der Waals surface area contributed by atoms with E-state index in [1.54, 1.807) is 17.9 Å². The fourth-order valence-corrected chi connectivity index (χ4v) is 7.03. The Kier molecular flexibility index (Phi) is 5.76. The Morgan fingerprint density at radius 3 is 2.55 bits per heavy atom. The van der Waals surface area contributed by atoms with Gasteiger partial charge in [-0.05, 0) is 55.7 Å². The van der Waals surface area contributed by atoms with Crippen LogP contribution in [-0.2, 0) is 11.8 Å². The van der Waals surface area contributed by atoms with E-state index in [1.165, 1.54) is 18.2 Å². The summed E-state index contributed by atoms with van der Waals surface area (Å²) in [4.78, 5) is 29.0. The monoisotopic (exact) mass is 542 g/mol. The molecule has 4 aliphatic rings. The zero-order valence-corrected chi connectivity index (χ0v) is 21.5. The highest BCUT2D eigenvalue weighted by molar-refractivity contribution is 6.31. The summed E-state index contributed by atoms with van der Waals surface area (Å²) in [6.07, 6.45) is 4.20. The summed E-state index contributed by atoms with van der Waals surface area (Å²) in [5.41, 5.74) is -1.45. The second-order valence-electron chi connectivity index (χ2n) is 11.4. The predicted molar refractivity (Wildman–Crippen MR) is 135 cm³/mol. The molecule has 1 aromatic heterocycles. The van der Waals surface area contributed by atoms with Gasteiger partial charge in [0.05, 0.1) is 22.6 Å². The molecule has 2 amide bonds. The average molecular weight is 543 g/mol. The van der Waals surface area contributed by atoms with E-state index in [0.717, 1.165) is 12.8 Å². The lowest BCUT2D eigenvalue weighted by Crippen LogP contribution is -2.63. The molecule has 1 spiro atoms. The highest BCUT2D eigenvalue weighted by atomic mass is 35.5. The number of rotatable bonds is 3. The van der Waals surface area contributed by atoms with Crippen molar-refractivity contribution in [1.82, 2.24) is 14.9 Å². The molecule has 2 atom stereocenters. The van der Waals surface area contributed by atoms with Crippen LogP contribution in [0.5, 0.6) is 0 Å². The number of hydrogen-bond acceptors (Lipinski definition) is 6. The maximum absolute atomic E-state index is 13.5. The maximum Gasteiger partial charge on any atom is 0.407 e. The van der Waals surface area contributed by atoms with E-state index >= 15 is 0 Å². The summed E-state index contributed by atoms with van der Waals surface area (Å²) in [5.74, 6) is 5.42. The third-order valence-electron chi connectivity index (χ3n) is 8.42. The van der Waals surface area contributed by atoms with Crippen molar-refractivity contribution in [2.75, 3.05) is 11.9 Å². The Hall–Kier alpha value is -3.13. The van der Waals surface area contributed by atoms with Crippen LogP contribution < -0.4 is 10.6 Å². The number of nitrogens with one attached hydrogen (secondary N) is 2. The molecule has 38 heavy (non-hydrogen) atoms. The van der Waals surface area contributed by atoms with E-state index in [0.29, 0.717) is 29.9 Å². The number of carbonyl (C=O) groups excluding carboxylic acids is 2. The molecular formula is C27H28ClFN4O5. The predicted octanol–water partition coefficient (Wildman–Crippen LogP) is 3.11. The van der Waals surface area contributed by atoms with Gasteiger partial charge in [0.2, 0.25) is 0 Å². The number of benzene rings is 1. The average Bonchev–Trinajstić information content (AvgIpc) is 3.57. The number of nitrogens with zero attached hydrogens (tertiary/aromatic N) is 2. The van der Waals surface area contributed by atoms with Crippen molar-refractivity contribution in [3.8, 4) is 11.8 Å². The van der Waals surface area contributed by atoms with Crippen LogP contribution in [0, 0.1) is 29.5 Å². The van der Waals surface area contributed by atoms with Crippen molar-refractivity contribution in [3.05, 3.63) is 46.8 Å². The van der Waals surface area contributed by atoms with Crippen LogP contribution in [0.15, 0.2) is 24.5 Å². The quantitative estimate of drug-likeness (QED) is 0.442. The van der Waals surface area contributed by atoms with E-state index in [4.69, 9.17) is 16.3 Å². The van der Waals surface area contributed by atoms with Gasteiger partial charge in [0.25, 0.3) is 5.91 Å². The fourth-order valence-electron chi connectivity index (χ4n) is 6.85. The number of aromatic nitrogens is 2. The second kappa shape index (κ2) is 8.70.